The van der Waals surface area contributed by atoms with Gasteiger partial charge < -0.3 is 9.88 Å². The summed E-state index contributed by atoms with van der Waals surface area (Å²) in [5, 5.41) is 5.97. The van der Waals surface area contributed by atoms with E-state index in [1.54, 1.807) is 0 Å². The monoisotopic (exact) mass is 337 g/mol. The molecular weight excluding hydrogens is 318 g/mol. The summed E-state index contributed by atoms with van der Waals surface area (Å²) in [6.45, 7) is 1.93. The molecule has 5 heteroatoms. The highest BCUT2D eigenvalue weighted by Gasteiger charge is 2.27. The van der Waals surface area contributed by atoms with Gasteiger partial charge in [0.15, 0.2) is 5.16 Å². The van der Waals surface area contributed by atoms with Crippen molar-refractivity contribution in [3.8, 4) is 0 Å². The summed E-state index contributed by atoms with van der Waals surface area (Å²) in [7, 11) is 0. The van der Waals surface area contributed by atoms with E-state index in [4.69, 9.17) is 0 Å². The Kier molecular flexibility index (Phi) is 4.02. The molecule has 1 N–H and O–H groups in total. The van der Waals surface area contributed by atoms with E-state index in [-0.39, 0.29) is 11.2 Å². The Morgan fingerprint density at radius 2 is 2.04 bits per heavy atom. The van der Waals surface area contributed by atoms with Crippen LogP contribution >= 0.6 is 11.8 Å². The molecule has 1 unspecified atom stereocenters. The number of thioether (sulfide) groups is 1. The first kappa shape index (κ1) is 15.3. The topological polar surface area (TPSA) is 46.9 Å². The van der Waals surface area contributed by atoms with E-state index < -0.39 is 0 Å². The van der Waals surface area contributed by atoms with Crippen molar-refractivity contribution in [1.82, 2.24) is 9.55 Å². The third-order valence-corrected chi connectivity index (χ3v) is 5.37. The van der Waals surface area contributed by atoms with Crippen LogP contribution in [-0.4, -0.2) is 20.7 Å². The number of aromatic nitrogens is 2. The van der Waals surface area contributed by atoms with Crippen LogP contribution in [0.25, 0.3) is 10.8 Å². The summed E-state index contributed by atoms with van der Waals surface area (Å²) in [6.07, 6.45) is 6.24. The first-order valence-electron chi connectivity index (χ1n) is 8.20. The molecule has 3 aromatic rings. The van der Waals surface area contributed by atoms with Gasteiger partial charge in [0.05, 0.1) is 5.25 Å². The fraction of sp³-hybridized carbons (Fsp3) is 0.263. The highest BCUT2D eigenvalue weighted by molar-refractivity contribution is 8.00. The van der Waals surface area contributed by atoms with Crippen LogP contribution in [0.1, 0.15) is 25.8 Å². The van der Waals surface area contributed by atoms with Crippen LogP contribution in [-0.2, 0) is 4.79 Å². The number of carbonyl (C=O) groups excluding carboxylic acids is 1. The largest absolute Gasteiger partial charge is 0.325 e. The van der Waals surface area contributed by atoms with Crippen LogP contribution in [0.4, 0.5) is 5.69 Å². The summed E-state index contributed by atoms with van der Waals surface area (Å²) in [5.74, 6) is 0.00157. The van der Waals surface area contributed by atoms with Crippen molar-refractivity contribution in [2.75, 3.05) is 5.32 Å². The van der Waals surface area contributed by atoms with Crippen LogP contribution in [0.2, 0.25) is 0 Å². The minimum atomic E-state index is -0.205. The van der Waals surface area contributed by atoms with Gasteiger partial charge in [-0.1, -0.05) is 48.2 Å². The molecule has 2 aromatic carbocycles. The lowest BCUT2D eigenvalue weighted by molar-refractivity contribution is -0.115. The Bertz CT molecular complexity index is 880. The number of nitrogens with one attached hydrogen (secondary N) is 1. The summed E-state index contributed by atoms with van der Waals surface area (Å²) in [4.78, 5) is 17.0. The summed E-state index contributed by atoms with van der Waals surface area (Å²) in [5.41, 5.74) is 0.857. The molecule has 1 saturated carbocycles. The highest BCUT2D eigenvalue weighted by Crippen LogP contribution is 2.38. The number of benzene rings is 2. The molecule has 1 aliphatic rings. The summed E-state index contributed by atoms with van der Waals surface area (Å²) >= 11 is 1.52. The summed E-state index contributed by atoms with van der Waals surface area (Å²) < 4.78 is 2.19. The second-order valence-corrected chi connectivity index (χ2v) is 7.43. The molecule has 1 aliphatic carbocycles. The van der Waals surface area contributed by atoms with Gasteiger partial charge in [-0.3, -0.25) is 4.79 Å². The molecule has 0 aliphatic heterocycles. The lowest BCUT2D eigenvalue weighted by atomic mass is 10.1. The molecule has 24 heavy (non-hydrogen) atoms. The van der Waals surface area contributed by atoms with Gasteiger partial charge in [0.1, 0.15) is 0 Å². The van der Waals surface area contributed by atoms with Crippen molar-refractivity contribution >= 4 is 34.1 Å². The Morgan fingerprint density at radius 3 is 2.88 bits per heavy atom. The fourth-order valence-corrected chi connectivity index (χ4v) is 3.74. The van der Waals surface area contributed by atoms with Gasteiger partial charge >= 0.3 is 0 Å². The van der Waals surface area contributed by atoms with E-state index in [2.05, 4.69) is 27.0 Å². The number of anilines is 1. The van der Waals surface area contributed by atoms with Crippen LogP contribution in [0.5, 0.6) is 0 Å². The molecule has 1 aromatic heterocycles. The summed E-state index contributed by atoms with van der Waals surface area (Å²) in [6, 6.07) is 14.6. The standard InChI is InChI=1S/C19H19N3OS/c1-13(24-19-20-11-12-22(19)15-9-10-15)18(23)21-17-8-4-6-14-5-2-3-7-16(14)17/h2-8,11-13,15H,9-10H2,1H3,(H,21,23). The van der Waals surface area contributed by atoms with E-state index in [0.717, 1.165) is 21.6 Å². The Labute approximate surface area is 145 Å². The molecular formula is C19H19N3OS. The zero-order valence-electron chi connectivity index (χ0n) is 13.5. The predicted octanol–water partition coefficient (Wildman–Crippen LogP) is 4.49. The second kappa shape index (κ2) is 6.32. The zero-order valence-corrected chi connectivity index (χ0v) is 14.3. The number of nitrogens with zero attached hydrogens (tertiary/aromatic N) is 2. The highest BCUT2D eigenvalue weighted by atomic mass is 32.2. The fourth-order valence-electron chi connectivity index (χ4n) is 2.80. The second-order valence-electron chi connectivity index (χ2n) is 6.12. The Morgan fingerprint density at radius 1 is 1.25 bits per heavy atom. The maximum absolute atomic E-state index is 12.6. The number of fused-ring (bicyclic) bond motifs is 1. The van der Waals surface area contributed by atoms with Crippen molar-refractivity contribution in [2.24, 2.45) is 0 Å². The Hall–Kier alpha value is -2.27. The van der Waals surface area contributed by atoms with Gasteiger partial charge in [0.25, 0.3) is 0 Å². The van der Waals surface area contributed by atoms with Gasteiger partial charge in [-0.15, -0.1) is 0 Å². The lowest BCUT2D eigenvalue weighted by Gasteiger charge is -2.14. The minimum absolute atomic E-state index is 0.00157. The Balaban J connectivity index is 1.49. The molecule has 1 fully saturated rings. The molecule has 0 radical (unpaired) electrons. The maximum Gasteiger partial charge on any atom is 0.237 e. The average molecular weight is 337 g/mol. The number of hydrogen-bond donors (Lipinski definition) is 1. The van der Waals surface area contributed by atoms with Crippen LogP contribution in [0.3, 0.4) is 0 Å². The molecule has 122 valence electrons. The number of carbonyl (C=O) groups is 1. The minimum Gasteiger partial charge on any atom is -0.325 e. The third-order valence-electron chi connectivity index (χ3n) is 4.27. The van der Waals surface area contributed by atoms with Gasteiger partial charge in [-0.25, -0.2) is 4.98 Å². The molecule has 1 heterocycles. The van der Waals surface area contributed by atoms with E-state index in [1.807, 2.05) is 49.6 Å². The van der Waals surface area contributed by atoms with Crippen molar-refractivity contribution in [3.05, 3.63) is 54.9 Å². The van der Waals surface area contributed by atoms with E-state index >= 15 is 0 Å². The molecule has 1 amide bonds. The van der Waals surface area contributed by atoms with Gasteiger partial charge in [-0.2, -0.15) is 0 Å². The van der Waals surface area contributed by atoms with Crippen molar-refractivity contribution < 1.29 is 4.79 Å². The van der Waals surface area contributed by atoms with E-state index in [1.165, 1.54) is 24.6 Å². The van der Waals surface area contributed by atoms with E-state index in [9.17, 15) is 4.79 Å². The van der Waals surface area contributed by atoms with Gasteiger partial charge in [0.2, 0.25) is 5.91 Å². The SMILES string of the molecule is CC(Sc1nccn1C1CC1)C(=O)Nc1cccc2ccccc12. The molecule has 0 bridgehead atoms. The first-order chi connectivity index (χ1) is 11.7. The van der Waals surface area contributed by atoms with Crippen molar-refractivity contribution in [3.63, 3.8) is 0 Å². The van der Waals surface area contributed by atoms with Gasteiger partial charge in [-0.05, 0) is 31.2 Å². The normalized spacial score (nSPS) is 15.4. The third kappa shape index (κ3) is 3.04. The molecule has 4 rings (SSSR count). The lowest BCUT2D eigenvalue weighted by Crippen LogP contribution is -2.23. The average Bonchev–Trinajstić information content (AvgIpc) is 3.34. The van der Waals surface area contributed by atoms with Crippen LogP contribution in [0.15, 0.2) is 60.0 Å². The van der Waals surface area contributed by atoms with Crippen molar-refractivity contribution in [2.45, 2.75) is 36.2 Å². The first-order valence-corrected chi connectivity index (χ1v) is 9.08. The van der Waals surface area contributed by atoms with Crippen molar-refractivity contribution in [1.29, 1.82) is 0 Å². The molecule has 4 nitrogen and oxygen atoms in total. The van der Waals surface area contributed by atoms with Crippen LogP contribution < -0.4 is 5.32 Å². The van der Waals surface area contributed by atoms with Gasteiger partial charge in [0, 0.05) is 29.5 Å². The van der Waals surface area contributed by atoms with Crippen LogP contribution in [0, 0.1) is 0 Å². The number of amides is 1. The number of rotatable bonds is 5. The molecule has 0 saturated heterocycles. The molecule has 0 spiro atoms. The predicted molar refractivity (Wildman–Crippen MR) is 98.4 cm³/mol. The zero-order chi connectivity index (χ0) is 16.5. The smallest absolute Gasteiger partial charge is 0.237 e. The molecule has 1 atom stereocenters. The maximum atomic E-state index is 12.6. The number of imidazole rings is 1. The quantitative estimate of drug-likeness (QED) is 0.698. The number of hydrogen-bond acceptors (Lipinski definition) is 3. The van der Waals surface area contributed by atoms with E-state index in [0.29, 0.717) is 6.04 Å².